The van der Waals surface area contributed by atoms with Gasteiger partial charge in [0, 0.05) is 13.1 Å². The molecule has 9 heteroatoms. The average molecular weight is 397 g/mol. The number of morpholine rings is 1. The summed E-state index contributed by atoms with van der Waals surface area (Å²) in [4.78, 5) is 38.9. The molecule has 2 heterocycles. The van der Waals surface area contributed by atoms with Crippen LogP contribution >= 0.6 is 11.3 Å². The van der Waals surface area contributed by atoms with Gasteiger partial charge in [0.15, 0.2) is 0 Å². The van der Waals surface area contributed by atoms with E-state index < -0.39 is 11.9 Å². The van der Waals surface area contributed by atoms with Crippen molar-refractivity contribution in [3.8, 4) is 0 Å². The van der Waals surface area contributed by atoms with E-state index in [1.807, 2.05) is 18.7 Å². The molecule has 0 spiro atoms. The second kappa shape index (κ2) is 8.81. The van der Waals surface area contributed by atoms with Gasteiger partial charge in [0.05, 0.1) is 35.3 Å². The van der Waals surface area contributed by atoms with E-state index in [2.05, 4.69) is 5.32 Å². The summed E-state index contributed by atoms with van der Waals surface area (Å²) in [6.07, 6.45) is -0.235. The van der Waals surface area contributed by atoms with Gasteiger partial charge in [0.1, 0.15) is 5.00 Å². The number of nitrogens with one attached hydrogen (secondary N) is 1. The van der Waals surface area contributed by atoms with Gasteiger partial charge in [-0.05, 0) is 40.2 Å². The number of nitrogens with two attached hydrogens (primary N) is 1. The van der Waals surface area contributed by atoms with Gasteiger partial charge in [-0.3, -0.25) is 14.5 Å². The smallest absolute Gasteiger partial charge is 0.341 e. The largest absolute Gasteiger partial charge is 0.459 e. The Bertz CT molecular complexity index is 721. The van der Waals surface area contributed by atoms with Crippen LogP contribution in [0.15, 0.2) is 0 Å². The third-order valence-corrected chi connectivity index (χ3v) is 5.25. The molecule has 8 nitrogen and oxygen atoms in total. The van der Waals surface area contributed by atoms with Crippen LogP contribution in [-0.4, -0.2) is 60.6 Å². The van der Waals surface area contributed by atoms with Gasteiger partial charge in [-0.15, -0.1) is 11.3 Å². The van der Waals surface area contributed by atoms with Crippen molar-refractivity contribution in [2.24, 2.45) is 5.73 Å². The molecule has 2 atom stereocenters. The quantitative estimate of drug-likeness (QED) is 0.708. The molecule has 3 N–H and O–H groups in total. The number of nitrogens with zero attached hydrogens (tertiary/aromatic N) is 1. The van der Waals surface area contributed by atoms with Crippen molar-refractivity contribution < 1.29 is 23.9 Å². The highest BCUT2D eigenvalue weighted by Gasteiger charge is 2.28. The van der Waals surface area contributed by atoms with Gasteiger partial charge in [-0.1, -0.05) is 0 Å². The second-order valence-corrected chi connectivity index (χ2v) is 8.10. The first-order valence-electron chi connectivity index (χ1n) is 8.90. The fraction of sp³-hybridized carbons (Fsp3) is 0.611. The Morgan fingerprint density at radius 2 is 1.89 bits per heavy atom. The van der Waals surface area contributed by atoms with Gasteiger partial charge in [0.2, 0.25) is 5.91 Å². The summed E-state index contributed by atoms with van der Waals surface area (Å²) < 4.78 is 10.9. The summed E-state index contributed by atoms with van der Waals surface area (Å²) in [7, 11) is 0. The van der Waals surface area contributed by atoms with Crippen LogP contribution in [0.5, 0.6) is 0 Å². The lowest BCUT2D eigenvalue weighted by atomic mass is 10.1. The Kier molecular flexibility index (Phi) is 6.96. The molecule has 1 saturated heterocycles. The minimum Gasteiger partial charge on any atom is -0.459 e. The molecule has 0 bridgehead atoms. The van der Waals surface area contributed by atoms with Crippen LogP contribution in [0, 0.1) is 6.92 Å². The van der Waals surface area contributed by atoms with E-state index in [0.717, 1.165) is 11.3 Å². The van der Waals surface area contributed by atoms with Gasteiger partial charge in [-0.25, -0.2) is 4.79 Å². The van der Waals surface area contributed by atoms with E-state index in [4.69, 9.17) is 15.2 Å². The molecular weight excluding hydrogens is 370 g/mol. The fourth-order valence-corrected chi connectivity index (χ4v) is 4.20. The third kappa shape index (κ3) is 5.50. The van der Waals surface area contributed by atoms with E-state index in [1.54, 1.807) is 20.8 Å². The summed E-state index contributed by atoms with van der Waals surface area (Å²) in [6.45, 7) is 10.5. The average Bonchev–Trinajstić information content (AvgIpc) is 2.81. The van der Waals surface area contributed by atoms with E-state index in [9.17, 15) is 14.4 Å². The third-order valence-electron chi connectivity index (χ3n) is 4.03. The molecule has 1 aromatic rings. The van der Waals surface area contributed by atoms with Crippen LogP contribution < -0.4 is 11.1 Å². The summed E-state index contributed by atoms with van der Waals surface area (Å²) >= 11 is 0.991. The normalized spacial score (nSPS) is 20.5. The first-order chi connectivity index (χ1) is 12.6. The highest BCUT2D eigenvalue weighted by Crippen LogP contribution is 2.33. The van der Waals surface area contributed by atoms with Gasteiger partial charge in [0.25, 0.3) is 5.91 Å². The van der Waals surface area contributed by atoms with Gasteiger partial charge >= 0.3 is 5.97 Å². The SMILES string of the molecule is Cc1c(C(N)=O)sc(NC(=O)CN2CC(C)OC(C)C2)c1C(=O)OC(C)C. The van der Waals surface area contributed by atoms with Crippen LogP contribution in [0.3, 0.4) is 0 Å². The molecule has 0 radical (unpaired) electrons. The minimum atomic E-state index is -0.646. The highest BCUT2D eigenvalue weighted by atomic mass is 32.1. The number of hydrogen-bond donors (Lipinski definition) is 2. The molecule has 27 heavy (non-hydrogen) atoms. The lowest BCUT2D eigenvalue weighted by Crippen LogP contribution is -2.48. The maximum Gasteiger partial charge on any atom is 0.341 e. The zero-order chi connectivity index (χ0) is 20.3. The molecule has 2 amide bonds. The molecule has 2 unspecified atom stereocenters. The topological polar surface area (TPSA) is 111 Å². The van der Waals surface area contributed by atoms with E-state index in [1.165, 1.54) is 0 Å². The molecule has 1 aliphatic heterocycles. The first kappa shape index (κ1) is 21.3. The van der Waals surface area contributed by atoms with Crippen LogP contribution in [-0.2, 0) is 14.3 Å². The molecule has 1 fully saturated rings. The van der Waals surface area contributed by atoms with Crippen molar-refractivity contribution in [3.63, 3.8) is 0 Å². The number of hydrogen-bond acceptors (Lipinski definition) is 7. The number of esters is 1. The Morgan fingerprint density at radius 1 is 1.30 bits per heavy atom. The summed E-state index contributed by atoms with van der Waals surface area (Å²) in [5.74, 6) is -1.50. The highest BCUT2D eigenvalue weighted by molar-refractivity contribution is 7.18. The van der Waals surface area contributed by atoms with Crippen LogP contribution in [0.4, 0.5) is 5.00 Å². The molecule has 0 saturated carbocycles. The van der Waals surface area contributed by atoms with E-state index >= 15 is 0 Å². The zero-order valence-corrected chi connectivity index (χ0v) is 17.1. The number of primary amides is 1. The number of ether oxygens (including phenoxy) is 2. The maximum atomic E-state index is 12.5. The Hall–Kier alpha value is -1.97. The van der Waals surface area contributed by atoms with Crippen molar-refractivity contribution in [2.75, 3.05) is 25.0 Å². The van der Waals surface area contributed by atoms with Crippen molar-refractivity contribution in [2.45, 2.75) is 52.9 Å². The molecule has 0 aliphatic carbocycles. The summed E-state index contributed by atoms with van der Waals surface area (Å²) in [5.41, 5.74) is 5.99. The predicted molar refractivity (Wildman–Crippen MR) is 103 cm³/mol. The molecule has 1 aromatic heterocycles. The van der Waals surface area contributed by atoms with Crippen molar-refractivity contribution in [3.05, 3.63) is 16.0 Å². The maximum absolute atomic E-state index is 12.5. The molecule has 1 aliphatic rings. The number of amides is 2. The predicted octanol–water partition coefficient (Wildman–Crippen LogP) is 1.77. The van der Waals surface area contributed by atoms with Crippen LogP contribution in [0.2, 0.25) is 0 Å². The molecular formula is C18H27N3O5S. The lowest BCUT2D eigenvalue weighted by Gasteiger charge is -2.34. The number of thiophene rings is 1. The van der Waals surface area contributed by atoms with Gasteiger partial charge in [-0.2, -0.15) is 0 Å². The van der Waals surface area contributed by atoms with Crippen molar-refractivity contribution >= 4 is 34.1 Å². The van der Waals surface area contributed by atoms with Crippen molar-refractivity contribution in [1.29, 1.82) is 0 Å². The number of rotatable bonds is 6. The lowest BCUT2D eigenvalue weighted by molar-refractivity contribution is -0.121. The monoisotopic (exact) mass is 397 g/mol. The molecule has 2 rings (SSSR count). The summed E-state index contributed by atoms with van der Waals surface area (Å²) in [5, 5.41) is 3.03. The Labute approximate surface area is 163 Å². The fourth-order valence-electron chi connectivity index (χ4n) is 3.14. The Morgan fingerprint density at radius 3 is 2.41 bits per heavy atom. The van der Waals surface area contributed by atoms with Crippen LogP contribution in [0.25, 0.3) is 0 Å². The number of anilines is 1. The minimum absolute atomic E-state index is 0.0450. The zero-order valence-electron chi connectivity index (χ0n) is 16.3. The molecule has 0 aromatic carbocycles. The number of carbonyl (C=O) groups is 3. The Balaban J connectivity index is 2.18. The number of carbonyl (C=O) groups excluding carboxylic acids is 3. The standard InChI is InChI=1S/C18H27N3O5S/c1-9(2)25-18(24)14-12(5)15(16(19)23)27-17(14)20-13(22)8-21-6-10(3)26-11(4)7-21/h9-11H,6-8H2,1-5H3,(H2,19,23)(H,20,22). The van der Waals surface area contributed by atoms with Crippen LogP contribution in [0.1, 0.15) is 53.3 Å². The van der Waals surface area contributed by atoms with E-state index in [-0.39, 0.29) is 46.2 Å². The first-order valence-corrected chi connectivity index (χ1v) is 9.72. The second-order valence-electron chi connectivity index (χ2n) is 7.08. The van der Waals surface area contributed by atoms with E-state index in [0.29, 0.717) is 18.7 Å². The molecule has 150 valence electrons. The van der Waals surface area contributed by atoms with Crippen molar-refractivity contribution in [1.82, 2.24) is 4.90 Å². The van der Waals surface area contributed by atoms with Gasteiger partial charge < -0.3 is 20.5 Å². The summed E-state index contributed by atoms with van der Waals surface area (Å²) in [6, 6.07) is 0.